The number of anilines is 2. The molecule has 0 saturated carbocycles. The third kappa shape index (κ3) is 3.84. The molecule has 0 radical (unpaired) electrons. The first kappa shape index (κ1) is 16.7. The molecule has 3 heterocycles. The van der Waals surface area contributed by atoms with Gasteiger partial charge in [-0.1, -0.05) is 13.8 Å². The van der Waals surface area contributed by atoms with Crippen LogP contribution in [0.4, 0.5) is 11.8 Å². The molecule has 7 heteroatoms. The number of nitrogens with zero attached hydrogens (tertiary/aromatic N) is 5. The van der Waals surface area contributed by atoms with Crippen molar-refractivity contribution >= 4 is 11.8 Å². The number of piperazine rings is 1. The topological polar surface area (TPSA) is 70.3 Å². The van der Waals surface area contributed by atoms with Gasteiger partial charge in [0.15, 0.2) is 6.39 Å². The minimum Gasteiger partial charge on any atom is -0.448 e. The molecule has 0 aromatic carbocycles. The minimum atomic E-state index is 0.370. The molecular formula is C17H26N6O. The third-order valence-electron chi connectivity index (χ3n) is 4.24. The molecule has 130 valence electrons. The predicted molar refractivity (Wildman–Crippen MR) is 94.3 cm³/mol. The Hall–Kier alpha value is -2.15. The van der Waals surface area contributed by atoms with Crippen LogP contribution in [0, 0.1) is 0 Å². The minimum absolute atomic E-state index is 0.370. The smallest absolute Gasteiger partial charge is 0.224 e. The molecule has 1 N–H and O–H groups in total. The molecule has 1 saturated heterocycles. The summed E-state index contributed by atoms with van der Waals surface area (Å²) < 4.78 is 5.52. The van der Waals surface area contributed by atoms with Gasteiger partial charge in [0.2, 0.25) is 5.95 Å². The van der Waals surface area contributed by atoms with Crippen molar-refractivity contribution in [1.29, 1.82) is 0 Å². The van der Waals surface area contributed by atoms with E-state index in [-0.39, 0.29) is 0 Å². The number of oxazole rings is 1. The summed E-state index contributed by atoms with van der Waals surface area (Å²) >= 11 is 0. The first-order valence-electron chi connectivity index (χ1n) is 8.63. The Morgan fingerprint density at radius 2 is 2.00 bits per heavy atom. The van der Waals surface area contributed by atoms with Crippen LogP contribution < -0.4 is 10.2 Å². The third-order valence-corrected chi connectivity index (χ3v) is 4.24. The summed E-state index contributed by atoms with van der Waals surface area (Å²) in [4.78, 5) is 17.9. The van der Waals surface area contributed by atoms with E-state index < -0.39 is 0 Å². The molecule has 0 aliphatic carbocycles. The van der Waals surface area contributed by atoms with E-state index in [2.05, 4.69) is 43.9 Å². The fourth-order valence-electron chi connectivity index (χ4n) is 2.98. The van der Waals surface area contributed by atoms with Gasteiger partial charge < -0.3 is 14.6 Å². The van der Waals surface area contributed by atoms with E-state index in [0.717, 1.165) is 56.5 Å². The summed E-state index contributed by atoms with van der Waals surface area (Å²) in [6.07, 6.45) is 3.38. The van der Waals surface area contributed by atoms with Crippen LogP contribution >= 0.6 is 0 Å². The maximum atomic E-state index is 5.52. The number of nitrogens with one attached hydrogen (secondary N) is 1. The molecule has 7 nitrogen and oxygen atoms in total. The second kappa shape index (κ2) is 7.61. The number of aromatic nitrogens is 3. The SMILES string of the molecule is CCNc1nccc(N2CCN(Cc3ncoc3C(C)C)CC2)n1. The maximum Gasteiger partial charge on any atom is 0.224 e. The summed E-state index contributed by atoms with van der Waals surface area (Å²) in [5.41, 5.74) is 1.06. The highest BCUT2D eigenvalue weighted by Crippen LogP contribution is 2.21. The normalized spacial score (nSPS) is 15.9. The lowest BCUT2D eigenvalue weighted by Gasteiger charge is -2.35. The van der Waals surface area contributed by atoms with Crippen molar-refractivity contribution in [2.75, 3.05) is 42.9 Å². The van der Waals surface area contributed by atoms with E-state index in [0.29, 0.717) is 11.9 Å². The van der Waals surface area contributed by atoms with Gasteiger partial charge in [0.05, 0.1) is 5.69 Å². The van der Waals surface area contributed by atoms with Crippen molar-refractivity contribution in [3.05, 3.63) is 30.1 Å². The summed E-state index contributed by atoms with van der Waals surface area (Å²) in [5.74, 6) is 3.06. The molecule has 2 aromatic rings. The number of rotatable bonds is 6. The molecular weight excluding hydrogens is 304 g/mol. The highest BCUT2D eigenvalue weighted by molar-refractivity contribution is 5.42. The Bertz CT molecular complexity index is 648. The van der Waals surface area contributed by atoms with Crippen LogP contribution in [0.3, 0.4) is 0 Å². The van der Waals surface area contributed by atoms with Crippen molar-refractivity contribution in [1.82, 2.24) is 19.9 Å². The van der Waals surface area contributed by atoms with Gasteiger partial charge in [0.1, 0.15) is 11.6 Å². The van der Waals surface area contributed by atoms with Gasteiger partial charge in [-0.05, 0) is 13.0 Å². The van der Waals surface area contributed by atoms with E-state index in [1.54, 1.807) is 6.39 Å². The first-order valence-corrected chi connectivity index (χ1v) is 8.63. The Kier molecular flexibility index (Phi) is 5.30. The molecule has 1 aliphatic heterocycles. The van der Waals surface area contributed by atoms with Gasteiger partial charge in [-0.15, -0.1) is 0 Å². The Labute approximate surface area is 143 Å². The fourth-order valence-corrected chi connectivity index (χ4v) is 2.98. The van der Waals surface area contributed by atoms with Crippen molar-refractivity contribution in [3.8, 4) is 0 Å². The van der Waals surface area contributed by atoms with E-state index >= 15 is 0 Å². The Morgan fingerprint density at radius 3 is 2.71 bits per heavy atom. The molecule has 2 aromatic heterocycles. The van der Waals surface area contributed by atoms with E-state index in [1.807, 2.05) is 19.2 Å². The summed E-state index contributed by atoms with van der Waals surface area (Å²) in [6, 6.07) is 1.98. The van der Waals surface area contributed by atoms with Gasteiger partial charge in [-0.2, -0.15) is 4.98 Å². The molecule has 0 unspecified atom stereocenters. The Balaban J connectivity index is 1.57. The van der Waals surface area contributed by atoms with Crippen LogP contribution in [-0.4, -0.2) is 52.6 Å². The second-order valence-corrected chi connectivity index (χ2v) is 6.35. The summed E-state index contributed by atoms with van der Waals surface area (Å²) in [5, 5.41) is 3.16. The van der Waals surface area contributed by atoms with Crippen molar-refractivity contribution < 1.29 is 4.42 Å². The van der Waals surface area contributed by atoms with E-state index in [9.17, 15) is 0 Å². The predicted octanol–water partition coefficient (Wildman–Crippen LogP) is 2.34. The quantitative estimate of drug-likeness (QED) is 0.871. The molecule has 1 fully saturated rings. The second-order valence-electron chi connectivity index (χ2n) is 6.35. The Morgan fingerprint density at radius 1 is 1.21 bits per heavy atom. The monoisotopic (exact) mass is 330 g/mol. The van der Waals surface area contributed by atoms with Crippen LogP contribution in [-0.2, 0) is 6.54 Å². The van der Waals surface area contributed by atoms with Crippen molar-refractivity contribution in [2.24, 2.45) is 0 Å². The molecule has 0 bridgehead atoms. The zero-order valence-electron chi connectivity index (χ0n) is 14.7. The van der Waals surface area contributed by atoms with E-state index in [1.165, 1.54) is 0 Å². The molecule has 1 aliphatic rings. The fraction of sp³-hybridized carbons (Fsp3) is 0.588. The maximum absolute atomic E-state index is 5.52. The highest BCUT2D eigenvalue weighted by atomic mass is 16.3. The van der Waals surface area contributed by atoms with Gasteiger partial charge in [0, 0.05) is 51.4 Å². The lowest BCUT2D eigenvalue weighted by molar-refractivity contribution is 0.245. The highest BCUT2D eigenvalue weighted by Gasteiger charge is 2.21. The lowest BCUT2D eigenvalue weighted by Crippen LogP contribution is -2.46. The zero-order chi connectivity index (χ0) is 16.9. The molecule has 0 atom stereocenters. The first-order chi connectivity index (χ1) is 11.7. The van der Waals surface area contributed by atoms with Crippen LogP contribution in [0.1, 0.15) is 38.1 Å². The average Bonchev–Trinajstić information content (AvgIpc) is 3.05. The van der Waals surface area contributed by atoms with Gasteiger partial charge in [-0.25, -0.2) is 9.97 Å². The van der Waals surface area contributed by atoms with Gasteiger partial charge in [0.25, 0.3) is 0 Å². The summed E-state index contributed by atoms with van der Waals surface area (Å²) in [7, 11) is 0. The van der Waals surface area contributed by atoms with E-state index in [4.69, 9.17) is 4.42 Å². The molecule has 0 amide bonds. The van der Waals surface area contributed by atoms with Crippen LogP contribution in [0.25, 0.3) is 0 Å². The lowest BCUT2D eigenvalue weighted by atomic mass is 10.1. The molecule has 0 spiro atoms. The zero-order valence-corrected chi connectivity index (χ0v) is 14.7. The van der Waals surface area contributed by atoms with Crippen LogP contribution in [0.5, 0.6) is 0 Å². The average molecular weight is 330 g/mol. The van der Waals surface area contributed by atoms with Crippen LogP contribution in [0.15, 0.2) is 23.1 Å². The standard InChI is InChI=1S/C17H26N6O/c1-4-18-17-19-6-5-15(21-17)23-9-7-22(8-10-23)11-14-16(13(2)3)24-12-20-14/h5-6,12-13H,4,7-11H2,1-3H3,(H,18,19,21). The van der Waals surface area contributed by atoms with Gasteiger partial charge >= 0.3 is 0 Å². The van der Waals surface area contributed by atoms with Crippen LogP contribution in [0.2, 0.25) is 0 Å². The van der Waals surface area contributed by atoms with Crippen molar-refractivity contribution in [2.45, 2.75) is 33.2 Å². The number of hydrogen-bond acceptors (Lipinski definition) is 7. The van der Waals surface area contributed by atoms with Gasteiger partial charge in [-0.3, -0.25) is 4.90 Å². The number of hydrogen-bond donors (Lipinski definition) is 1. The largest absolute Gasteiger partial charge is 0.448 e. The molecule has 3 rings (SSSR count). The summed E-state index contributed by atoms with van der Waals surface area (Å²) in [6.45, 7) is 11.9. The molecule has 24 heavy (non-hydrogen) atoms. The van der Waals surface area contributed by atoms with Crippen molar-refractivity contribution in [3.63, 3.8) is 0 Å².